The topological polar surface area (TPSA) is 24.9 Å². The molecule has 2 nitrogen and oxygen atoms in total. The number of nitrogens with one attached hydrogen (secondary N) is 1. The zero-order valence-corrected chi connectivity index (χ0v) is 13.1. The van der Waals surface area contributed by atoms with E-state index in [1.807, 2.05) is 19.9 Å². The van der Waals surface area contributed by atoms with Crippen LogP contribution in [-0.4, -0.2) is 4.98 Å². The maximum absolute atomic E-state index is 13.6. The maximum atomic E-state index is 13.6. The van der Waals surface area contributed by atoms with Crippen LogP contribution < -0.4 is 5.32 Å². The molecule has 0 spiro atoms. The minimum absolute atomic E-state index is 0.00143. The molecular weight excluding hydrogens is 322 g/mol. The van der Waals surface area contributed by atoms with Crippen LogP contribution >= 0.6 is 34.8 Å². The molecule has 1 atom stereocenters. The molecule has 0 saturated heterocycles. The van der Waals surface area contributed by atoms with E-state index < -0.39 is 5.82 Å². The Hall–Kier alpha value is -1.03. The van der Waals surface area contributed by atoms with Crippen molar-refractivity contribution in [2.75, 3.05) is 5.32 Å². The van der Waals surface area contributed by atoms with Crippen LogP contribution in [0.15, 0.2) is 24.4 Å². The van der Waals surface area contributed by atoms with Crippen LogP contribution in [0, 0.1) is 12.7 Å². The third-order valence-corrected chi connectivity index (χ3v) is 3.88. The first-order valence-corrected chi connectivity index (χ1v) is 7.05. The summed E-state index contributed by atoms with van der Waals surface area (Å²) in [7, 11) is 0. The van der Waals surface area contributed by atoms with Crippen molar-refractivity contribution in [3.05, 3.63) is 56.5 Å². The summed E-state index contributed by atoms with van der Waals surface area (Å²) in [5, 5.41) is 3.96. The van der Waals surface area contributed by atoms with Crippen molar-refractivity contribution in [2.45, 2.75) is 19.9 Å². The number of hydrogen-bond acceptors (Lipinski definition) is 2. The van der Waals surface area contributed by atoms with Crippen LogP contribution in [0.4, 0.5) is 10.1 Å². The van der Waals surface area contributed by atoms with Gasteiger partial charge in [-0.25, -0.2) is 9.37 Å². The Kier molecular flexibility index (Phi) is 4.74. The molecule has 0 bridgehead atoms. The molecule has 2 rings (SSSR count). The molecule has 1 N–H and O–H groups in total. The Bertz CT molecular complexity index is 626. The molecule has 0 aliphatic carbocycles. The molecule has 106 valence electrons. The van der Waals surface area contributed by atoms with E-state index in [2.05, 4.69) is 10.3 Å². The minimum atomic E-state index is -0.506. The third kappa shape index (κ3) is 3.17. The van der Waals surface area contributed by atoms with Crippen molar-refractivity contribution < 1.29 is 4.39 Å². The molecule has 1 aromatic heterocycles. The predicted octanol–water partition coefficient (Wildman–Crippen LogP) is 5.66. The Balaban J connectivity index is 2.33. The number of aryl methyl sites for hydroxylation is 1. The number of pyridine rings is 1. The molecule has 0 aliphatic heterocycles. The first-order valence-electron chi connectivity index (χ1n) is 5.92. The second-order valence-electron chi connectivity index (χ2n) is 4.45. The van der Waals surface area contributed by atoms with E-state index >= 15 is 0 Å². The Morgan fingerprint density at radius 2 is 1.90 bits per heavy atom. The first-order chi connectivity index (χ1) is 9.40. The number of aromatic nitrogens is 1. The predicted molar refractivity (Wildman–Crippen MR) is 82.4 cm³/mol. The van der Waals surface area contributed by atoms with E-state index in [4.69, 9.17) is 34.8 Å². The monoisotopic (exact) mass is 332 g/mol. The highest BCUT2D eigenvalue weighted by molar-refractivity contribution is 6.35. The number of benzene rings is 1. The van der Waals surface area contributed by atoms with Gasteiger partial charge in [-0.05, 0) is 43.2 Å². The van der Waals surface area contributed by atoms with Crippen molar-refractivity contribution >= 4 is 40.5 Å². The van der Waals surface area contributed by atoms with Gasteiger partial charge >= 0.3 is 0 Å². The zero-order chi connectivity index (χ0) is 14.9. The highest BCUT2D eigenvalue weighted by atomic mass is 35.5. The largest absolute Gasteiger partial charge is 0.376 e. The second-order valence-corrected chi connectivity index (χ2v) is 5.62. The van der Waals surface area contributed by atoms with Gasteiger partial charge in [-0.3, -0.25) is 0 Å². The van der Waals surface area contributed by atoms with Gasteiger partial charge in [0, 0.05) is 11.2 Å². The van der Waals surface area contributed by atoms with Gasteiger partial charge in [0.2, 0.25) is 0 Å². The summed E-state index contributed by atoms with van der Waals surface area (Å²) in [5.74, 6) is -0.506. The smallest absolute Gasteiger partial charge is 0.152 e. The lowest BCUT2D eigenvalue weighted by Crippen LogP contribution is -2.09. The van der Waals surface area contributed by atoms with E-state index in [0.717, 1.165) is 5.56 Å². The molecule has 1 unspecified atom stereocenters. The average molecular weight is 334 g/mol. The van der Waals surface area contributed by atoms with Crippen LogP contribution in [0.5, 0.6) is 0 Å². The highest BCUT2D eigenvalue weighted by Crippen LogP contribution is 2.32. The molecule has 20 heavy (non-hydrogen) atoms. The van der Waals surface area contributed by atoms with Gasteiger partial charge in [-0.2, -0.15) is 0 Å². The molecule has 2 aromatic rings. The number of hydrogen-bond donors (Lipinski definition) is 1. The lowest BCUT2D eigenvalue weighted by atomic mass is 10.1. The maximum Gasteiger partial charge on any atom is 0.152 e. The van der Waals surface area contributed by atoms with Crippen LogP contribution in [0.2, 0.25) is 15.2 Å². The minimum Gasteiger partial charge on any atom is -0.376 e. The lowest BCUT2D eigenvalue weighted by Gasteiger charge is -2.19. The SMILES string of the molecule is Cc1ccnc(Cl)c1NC(C)c1cc(F)c(Cl)cc1Cl. The van der Waals surface area contributed by atoms with E-state index in [-0.39, 0.29) is 11.1 Å². The summed E-state index contributed by atoms with van der Waals surface area (Å²) < 4.78 is 13.6. The molecule has 6 heteroatoms. The quantitative estimate of drug-likeness (QED) is 0.579. The van der Waals surface area contributed by atoms with Crippen LogP contribution in [0.1, 0.15) is 24.1 Å². The second kappa shape index (κ2) is 6.17. The normalized spacial score (nSPS) is 12.3. The molecule has 0 radical (unpaired) electrons. The summed E-state index contributed by atoms with van der Waals surface area (Å²) in [6, 6.07) is 4.31. The van der Waals surface area contributed by atoms with Gasteiger partial charge in [0.25, 0.3) is 0 Å². The first kappa shape index (κ1) is 15.4. The zero-order valence-electron chi connectivity index (χ0n) is 10.8. The molecule has 1 heterocycles. The van der Waals surface area contributed by atoms with Gasteiger partial charge < -0.3 is 5.32 Å². The Labute approximate surface area is 131 Å². The van der Waals surface area contributed by atoms with E-state index in [1.54, 1.807) is 6.20 Å². The van der Waals surface area contributed by atoms with Crippen LogP contribution in [0.25, 0.3) is 0 Å². The molecular formula is C14H12Cl3FN2. The lowest BCUT2D eigenvalue weighted by molar-refractivity contribution is 0.624. The van der Waals surface area contributed by atoms with Crippen LogP contribution in [0.3, 0.4) is 0 Å². The Morgan fingerprint density at radius 1 is 1.20 bits per heavy atom. The summed E-state index contributed by atoms with van der Waals surface area (Å²) in [4.78, 5) is 4.02. The van der Waals surface area contributed by atoms with Crippen molar-refractivity contribution in [3.63, 3.8) is 0 Å². The summed E-state index contributed by atoms with van der Waals surface area (Å²) in [5.41, 5.74) is 2.25. The van der Waals surface area contributed by atoms with E-state index in [9.17, 15) is 4.39 Å². The van der Waals surface area contributed by atoms with Crippen molar-refractivity contribution in [3.8, 4) is 0 Å². The Morgan fingerprint density at radius 3 is 2.55 bits per heavy atom. The number of nitrogens with zero attached hydrogens (tertiary/aromatic N) is 1. The van der Waals surface area contributed by atoms with Gasteiger partial charge in [0.15, 0.2) is 5.15 Å². The van der Waals surface area contributed by atoms with Gasteiger partial charge in [0.1, 0.15) is 5.82 Å². The molecule has 0 amide bonds. The molecule has 0 aliphatic rings. The van der Waals surface area contributed by atoms with Gasteiger partial charge in [-0.1, -0.05) is 34.8 Å². The number of halogens is 4. The van der Waals surface area contributed by atoms with E-state index in [1.165, 1.54) is 12.1 Å². The fraction of sp³-hybridized carbons (Fsp3) is 0.214. The van der Waals surface area contributed by atoms with Crippen molar-refractivity contribution in [2.24, 2.45) is 0 Å². The highest BCUT2D eigenvalue weighted by Gasteiger charge is 2.15. The standard InChI is InChI=1S/C14H12Cl3FN2/c1-7-3-4-19-14(17)13(7)20-8(2)9-5-12(18)11(16)6-10(9)15/h3-6,8,20H,1-2H3. The third-order valence-electron chi connectivity index (χ3n) is 2.98. The van der Waals surface area contributed by atoms with Crippen molar-refractivity contribution in [1.82, 2.24) is 4.98 Å². The molecule has 0 fully saturated rings. The van der Waals surface area contributed by atoms with E-state index in [0.29, 0.717) is 21.4 Å². The number of rotatable bonds is 3. The fourth-order valence-electron chi connectivity index (χ4n) is 1.86. The molecule has 0 saturated carbocycles. The summed E-state index contributed by atoms with van der Waals surface area (Å²) >= 11 is 17.8. The average Bonchev–Trinajstić information content (AvgIpc) is 2.38. The molecule has 1 aromatic carbocycles. The van der Waals surface area contributed by atoms with Gasteiger partial charge in [0.05, 0.1) is 16.8 Å². The van der Waals surface area contributed by atoms with Crippen LogP contribution in [-0.2, 0) is 0 Å². The fourth-order valence-corrected chi connectivity index (χ4v) is 2.67. The number of anilines is 1. The summed E-state index contributed by atoms with van der Waals surface area (Å²) in [6.45, 7) is 3.77. The van der Waals surface area contributed by atoms with Gasteiger partial charge in [-0.15, -0.1) is 0 Å². The summed E-state index contributed by atoms with van der Waals surface area (Å²) in [6.07, 6.45) is 1.63. The van der Waals surface area contributed by atoms with Crippen molar-refractivity contribution in [1.29, 1.82) is 0 Å².